The first kappa shape index (κ1) is 23.0. The highest BCUT2D eigenvalue weighted by molar-refractivity contribution is 7.09. The van der Waals surface area contributed by atoms with Crippen LogP contribution in [-0.2, 0) is 11.3 Å². The topological polar surface area (TPSA) is 131 Å². The van der Waals surface area contributed by atoms with Crippen LogP contribution in [0.2, 0.25) is 5.02 Å². The lowest BCUT2D eigenvalue weighted by Gasteiger charge is -2.31. The van der Waals surface area contributed by atoms with Crippen LogP contribution < -0.4 is 16.8 Å². The van der Waals surface area contributed by atoms with E-state index in [4.69, 9.17) is 23.1 Å². The molecule has 1 saturated carbocycles. The zero-order valence-corrected chi connectivity index (χ0v) is 18.8. The lowest BCUT2D eigenvalue weighted by atomic mass is 10.1. The Bertz CT molecular complexity index is 974. The molecule has 8 nitrogen and oxygen atoms in total. The first-order valence-electron chi connectivity index (χ1n) is 10.2. The fourth-order valence-corrected chi connectivity index (χ4v) is 4.76. The highest BCUT2D eigenvalue weighted by Gasteiger charge is 2.34. The molecule has 0 bridgehead atoms. The Morgan fingerprint density at radius 1 is 1.29 bits per heavy atom. The normalized spacial score (nSPS) is 14.9. The van der Waals surface area contributed by atoms with Gasteiger partial charge in [-0.05, 0) is 42.4 Å². The van der Waals surface area contributed by atoms with E-state index in [9.17, 15) is 14.4 Å². The summed E-state index contributed by atoms with van der Waals surface area (Å²) < 4.78 is 3.92. The molecule has 31 heavy (non-hydrogen) atoms. The van der Waals surface area contributed by atoms with Crippen LogP contribution in [0.1, 0.15) is 64.8 Å². The van der Waals surface area contributed by atoms with Crippen LogP contribution >= 0.6 is 23.1 Å². The van der Waals surface area contributed by atoms with Crippen LogP contribution in [0.4, 0.5) is 5.69 Å². The number of aromatic nitrogens is 1. The van der Waals surface area contributed by atoms with Crippen LogP contribution in [0, 0.1) is 0 Å². The minimum atomic E-state index is -0.809. The number of hydrogen-bond acceptors (Lipinski definition) is 6. The quantitative estimate of drug-likeness (QED) is 0.553. The number of hydrogen-bond donors (Lipinski definition) is 3. The minimum Gasteiger partial charge on any atom is -0.395 e. The molecule has 166 valence electrons. The molecule has 3 rings (SSSR count). The minimum absolute atomic E-state index is 0.0716. The van der Waals surface area contributed by atoms with Gasteiger partial charge in [0.25, 0.3) is 11.8 Å². The number of nitrogen functional groups attached to an aromatic ring is 1. The molecule has 0 aliphatic heterocycles. The van der Waals surface area contributed by atoms with Gasteiger partial charge in [-0.2, -0.15) is 4.37 Å². The number of carbonyl (C=O) groups excluding carboxylic acids is 3. The molecule has 1 aromatic heterocycles. The standard InChI is InChI=1S/C21H26ClN5O3S/c1-2-15(20(29)25-13-8-4-5-9-13)27(11-12-7-3-6-10-14(12)22)21(30)18-16(23)17(19(24)28)26-31-18/h3,6-7,10,13,15H,2,4-5,8-9,11,23H2,1H3,(H2,24,28)(H,25,29)/t15-/m0/s1. The maximum atomic E-state index is 13.5. The summed E-state index contributed by atoms with van der Waals surface area (Å²) in [4.78, 5) is 39.7. The number of rotatable bonds is 8. The SMILES string of the molecule is CC[C@@H](C(=O)NC1CCCC1)N(Cc1ccccc1Cl)C(=O)c1snc(C(N)=O)c1N. The lowest BCUT2D eigenvalue weighted by molar-refractivity contribution is -0.126. The highest BCUT2D eigenvalue weighted by Crippen LogP contribution is 2.27. The molecule has 1 aliphatic rings. The number of carbonyl (C=O) groups is 3. The Kier molecular flexibility index (Phi) is 7.50. The van der Waals surface area contributed by atoms with Crippen molar-refractivity contribution in [1.82, 2.24) is 14.6 Å². The molecule has 5 N–H and O–H groups in total. The Hall–Kier alpha value is -2.65. The number of amides is 3. The van der Waals surface area contributed by atoms with E-state index in [2.05, 4.69) is 9.69 Å². The van der Waals surface area contributed by atoms with E-state index >= 15 is 0 Å². The summed E-state index contributed by atoms with van der Waals surface area (Å²) in [5, 5.41) is 3.56. The Balaban J connectivity index is 1.94. The predicted octanol–water partition coefficient (Wildman–Crippen LogP) is 2.96. The van der Waals surface area contributed by atoms with Crippen molar-refractivity contribution >= 4 is 46.5 Å². The van der Waals surface area contributed by atoms with E-state index in [0.717, 1.165) is 37.2 Å². The first-order chi connectivity index (χ1) is 14.8. The third-order valence-corrected chi connectivity index (χ3v) is 6.70. The second-order valence-electron chi connectivity index (χ2n) is 7.58. The van der Waals surface area contributed by atoms with Gasteiger partial charge in [0, 0.05) is 17.6 Å². The highest BCUT2D eigenvalue weighted by atomic mass is 35.5. The van der Waals surface area contributed by atoms with Crippen molar-refractivity contribution in [2.75, 3.05) is 5.73 Å². The van der Waals surface area contributed by atoms with Crippen LogP contribution in [-0.4, -0.2) is 39.1 Å². The van der Waals surface area contributed by atoms with Gasteiger partial charge < -0.3 is 21.7 Å². The maximum absolute atomic E-state index is 13.5. The second kappa shape index (κ2) is 10.1. The molecule has 1 fully saturated rings. The summed E-state index contributed by atoms with van der Waals surface area (Å²) in [6, 6.07) is 6.52. The molecule has 0 unspecified atom stereocenters. The number of halogens is 1. The molecule has 1 atom stereocenters. The van der Waals surface area contributed by atoms with Crippen molar-refractivity contribution in [1.29, 1.82) is 0 Å². The van der Waals surface area contributed by atoms with Crippen LogP contribution in [0.15, 0.2) is 24.3 Å². The molecule has 0 radical (unpaired) electrons. The molecule has 3 amide bonds. The summed E-state index contributed by atoms with van der Waals surface area (Å²) in [5.41, 5.74) is 11.8. The van der Waals surface area contributed by atoms with E-state index in [1.54, 1.807) is 18.2 Å². The third kappa shape index (κ3) is 5.16. The van der Waals surface area contributed by atoms with Crippen molar-refractivity contribution in [2.45, 2.75) is 57.7 Å². The third-order valence-electron chi connectivity index (χ3n) is 5.48. The molecule has 1 heterocycles. The predicted molar refractivity (Wildman–Crippen MR) is 121 cm³/mol. The summed E-state index contributed by atoms with van der Waals surface area (Å²) in [5.74, 6) is -1.51. The van der Waals surface area contributed by atoms with Gasteiger partial charge in [-0.25, -0.2) is 0 Å². The van der Waals surface area contributed by atoms with Gasteiger partial charge in [-0.15, -0.1) is 0 Å². The van der Waals surface area contributed by atoms with Crippen LogP contribution in [0.25, 0.3) is 0 Å². The van der Waals surface area contributed by atoms with Gasteiger partial charge in [0.1, 0.15) is 10.9 Å². The zero-order valence-electron chi connectivity index (χ0n) is 17.3. The van der Waals surface area contributed by atoms with Crippen molar-refractivity contribution in [3.8, 4) is 0 Å². The van der Waals surface area contributed by atoms with Crippen molar-refractivity contribution in [3.63, 3.8) is 0 Å². The van der Waals surface area contributed by atoms with Crippen molar-refractivity contribution in [2.24, 2.45) is 5.73 Å². The lowest BCUT2D eigenvalue weighted by Crippen LogP contribution is -2.50. The number of benzene rings is 1. The van der Waals surface area contributed by atoms with Gasteiger partial charge in [0.05, 0.1) is 5.69 Å². The molecule has 10 heteroatoms. The van der Waals surface area contributed by atoms with Crippen LogP contribution in [0.5, 0.6) is 0 Å². The van der Waals surface area contributed by atoms with E-state index in [-0.39, 0.29) is 34.8 Å². The number of nitrogens with zero attached hydrogens (tertiary/aromatic N) is 2. The molecule has 1 aliphatic carbocycles. The number of nitrogens with two attached hydrogens (primary N) is 2. The zero-order chi connectivity index (χ0) is 22.5. The van der Waals surface area contributed by atoms with E-state index < -0.39 is 17.9 Å². The largest absolute Gasteiger partial charge is 0.395 e. The number of anilines is 1. The number of nitrogens with one attached hydrogen (secondary N) is 1. The molecule has 1 aromatic carbocycles. The van der Waals surface area contributed by atoms with Crippen molar-refractivity contribution in [3.05, 3.63) is 45.4 Å². The van der Waals surface area contributed by atoms with E-state index in [0.29, 0.717) is 17.0 Å². The fourth-order valence-electron chi connectivity index (χ4n) is 3.81. The molecule has 2 aromatic rings. The molecular weight excluding hydrogens is 438 g/mol. The monoisotopic (exact) mass is 463 g/mol. The maximum Gasteiger partial charge on any atom is 0.270 e. The van der Waals surface area contributed by atoms with Gasteiger partial charge in [0.2, 0.25) is 5.91 Å². The summed E-state index contributed by atoms with van der Waals surface area (Å²) in [6.07, 6.45) is 4.43. The fraction of sp³-hybridized carbons (Fsp3) is 0.429. The van der Waals surface area contributed by atoms with Crippen LogP contribution in [0.3, 0.4) is 0 Å². The molecule has 0 spiro atoms. The summed E-state index contributed by atoms with van der Waals surface area (Å²) in [6.45, 7) is 1.95. The molecule has 0 saturated heterocycles. The second-order valence-corrected chi connectivity index (χ2v) is 8.76. The van der Waals surface area contributed by atoms with Crippen molar-refractivity contribution < 1.29 is 14.4 Å². The van der Waals surface area contributed by atoms with Gasteiger partial charge >= 0.3 is 0 Å². The van der Waals surface area contributed by atoms with E-state index in [1.165, 1.54) is 4.90 Å². The number of primary amides is 1. The van der Waals surface area contributed by atoms with Gasteiger partial charge in [0.15, 0.2) is 5.69 Å². The average Bonchev–Trinajstić information content (AvgIpc) is 3.38. The average molecular weight is 464 g/mol. The van der Waals surface area contributed by atoms with E-state index in [1.807, 2.05) is 13.0 Å². The Labute approximate surface area is 190 Å². The Morgan fingerprint density at radius 3 is 2.55 bits per heavy atom. The molecular formula is C21H26ClN5O3S. The first-order valence-corrected chi connectivity index (χ1v) is 11.4. The smallest absolute Gasteiger partial charge is 0.270 e. The van der Waals surface area contributed by atoms with Gasteiger partial charge in [-0.1, -0.05) is 49.6 Å². The Morgan fingerprint density at radius 2 is 1.97 bits per heavy atom. The van der Waals surface area contributed by atoms with Gasteiger partial charge in [-0.3, -0.25) is 14.4 Å². The summed E-state index contributed by atoms with van der Waals surface area (Å²) in [7, 11) is 0. The summed E-state index contributed by atoms with van der Waals surface area (Å²) >= 11 is 7.12.